The second-order valence-electron chi connectivity index (χ2n) is 6.40. The van der Waals surface area contributed by atoms with Crippen LogP contribution < -0.4 is 14.4 Å². The molecule has 0 radical (unpaired) electrons. The van der Waals surface area contributed by atoms with Crippen LogP contribution in [0.2, 0.25) is 0 Å². The zero-order chi connectivity index (χ0) is 23.3. The average molecular weight is 441 g/mol. The number of esters is 2. The second-order valence-corrected chi connectivity index (χ2v) is 6.40. The van der Waals surface area contributed by atoms with Gasteiger partial charge in [-0.1, -0.05) is 24.3 Å². The van der Waals surface area contributed by atoms with Crippen molar-refractivity contribution in [2.75, 3.05) is 38.4 Å². The topological polar surface area (TPSA) is 91.4 Å². The van der Waals surface area contributed by atoms with Gasteiger partial charge in [-0.3, -0.25) is 14.5 Å². The highest BCUT2D eigenvalue weighted by Crippen LogP contribution is 2.28. The number of nitrogens with zero attached hydrogens (tertiary/aromatic N) is 1. The summed E-state index contributed by atoms with van der Waals surface area (Å²) in [5.41, 5.74) is 1.19. The third-order valence-electron chi connectivity index (χ3n) is 4.20. The van der Waals surface area contributed by atoms with E-state index in [0.717, 1.165) is 0 Å². The maximum absolute atomic E-state index is 12.6. The normalized spacial score (nSPS) is 10.5. The van der Waals surface area contributed by atoms with Crippen LogP contribution in [0.3, 0.4) is 0 Å². The second kappa shape index (κ2) is 12.8. The van der Waals surface area contributed by atoms with Crippen LogP contribution in [-0.4, -0.2) is 51.3 Å². The molecule has 0 spiro atoms. The highest BCUT2D eigenvalue weighted by Gasteiger charge is 2.20. The molecule has 8 heteroatoms. The summed E-state index contributed by atoms with van der Waals surface area (Å²) in [5.74, 6) is -0.664. The lowest BCUT2D eigenvalue weighted by Crippen LogP contribution is -2.39. The van der Waals surface area contributed by atoms with Crippen molar-refractivity contribution in [1.82, 2.24) is 0 Å². The number of anilines is 1. The van der Waals surface area contributed by atoms with Gasteiger partial charge in [0.1, 0.15) is 6.54 Å². The first-order chi connectivity index (χ1) is 15.5. The Balaban J connectivity index is 2.00. The van der Waals surface area contributed by atoms with E-state index in [1.807, 2.05) is 6.92 Å². The summed E-state index contributed by atoms with van der Waals surface area (Å²) < 4.78 is 20.7. The Hall–Kier alpha value is -3.81. The number of rotatable bonds is 11. The number of hydrogen-bond acceptors (Lipinski definition) is 7. The third kappa shape index (κ3) is 7.46. The number of amides is 1. The maximum atomic E-state index is 12.6. The van der Waals surface area contributed by atoms with Crippen molar-refractivity contribution in [2.45, 2.75) is 13.8 Å². The molecule has 0 aliphatic heterocycles. The molecule has 2 aromatic rings. The molecule has 32 heavy (non-hydrogen) atoms. The first-order valence-corrected chi connectivity index (χ1v) is 10.1. The van der Waals surface area contributed by atoms with E-state index in [1.54, 1.807) is 61.5 Å². The number of benzene rings is 2. The zero-order valence-corrected chi connectivity index (χ0v) is 18.4. The van der Waals surface area contributed by atoms with Gasteiger partial charge in [-0.25, -0.2) is 4.79 Å². The number of carbonyl (C=O) groups is 3. The molecule has 0 fully saturated rings. The minimum Gasteiger partial charge on any atom is -0.493 e. The molecule has 0 aliphatic rings. The van der Waals surface area contributed by atoms with Crippen LogP contribution in [0.1, 0.15) is 19.4 Å². The number of hydrogen-bond donors (Lipinski definition) is 0. The summed E-state index contributed by atoms with van der Waals surface area (Å²) >= 11 is 0. The molecule has 0 atom stereocenters. The fourth-order valence-electron chi connectivity index (χ4n) is 2.75. The molecule has 2 aromatic carbocycles. The Morgan fingerprint density at radius 2 is 1.69 bits per heavy atom. The Morgan fingerprint density at radius 3 is 2.34 bits per heavy atom. The van der Waals surface area contributed by atoms with Crippen LogP contribution in [0.15, 0.2) is 54.6 Å². The highest BCUT2D eigenvalue weighted by molar-refractivity contribution is 5.99. The molecule has 0 bridgehead atoms. The molecule has 0 aliphatic carbocycles. The van der Waals surface area contributed by atoms with E-state index >= 15 is 0 Å². The standard InChI is InChI=1S/C24H27NO7/c1-4-30-20-13-11-18(15-21(20)29-3)12-14-23(27)32-17-22(26)25(16-24(28)31-5-2)19-9-7-6-8-10-19/h6-15H,4-5,16-17H2,1-3H3/b14-12+. The van der Waals surface area contributed by atoms with Crippen LogP contribution in [0, 0.1) is 0 Å². The Kier molecular flexibility index (Phi) is 9.77. The quantitative estimate of drug-likeness (QED) is 0.390. The summed E-state index contributed by atoms with van der Waals surface area (Å²) in [6, 6.07) is 13.8. The molecule has 0 saturated carbocycles. The van der Waals surface area contributed by atoms with Crippen LogP contribution in [0.5, 0.6) is 11.5 Å². The Labute approximate surface area is 187 Å². The predicted molar refractivity (Wildman–Crippen MR) is 120 cm³/mol. The van der Waals surface area contributed by atoms with E-state index in [-0.39, 0.29) is 13.2 Å². The van der Waals surface area contributed by atoms with Crippen molar-refractivity contribution >= 4 is 29.6 Å². The molecule has 0 unspecified atom stereocenters. The van der Waals surface area contributed by atoms with Crippen molar-refractivity contribution in [3.05, 3.63) is 60.2 Å². The van der Waals surface area contributed by atoms with Gasteiger partial charge in [-0.2, -0.15) is 0 Å². The van der Waals surface area contributed by atoms with Crippen LogP contribution in [0.25, 0.3) is 6.08 Å². The van der Waals surface area contributed by atoms with Crippen molar-refractivity contribution < 1.29 is 33.3 Å². The SMILES string of the molecule is CCOC(=O)CN(C(=O)COC(=O)/C=C/c1ccc(OCC)c(OC)c1)c1ccccc1. The molecule has 0 saturated heterocycles. The van der Waals surface area contributed by atoms with E-state index < -0.39 is 24.5 Å². The number of para-hydroxylation sites is 1. The largest absolute Gasteiger partial charge is 0.493 e. The highest BCUT2D eigenvalue weighted by atomic mass is 16.5. The summed E-state index contributed by atoms with van der Waals surface area (Å²) in [6.07, 6.45) is 2.75. The molecule has 2 rings (SSSR count). The molecule has 8 nitrogen and oxygen atoms in total. The monoisotopic (exact) mass is 441 g/mol. The van der Waals surface area contributed by atoms with Gasteiger partial charge >= 0.3 is 11.9 Å². The molecule has 0 N–H and O–H groups in total. The van der Waals surface area contributed by atoms with Crippen LogP contribution in [-0.2, 0) is 23.9 Å². The van der Waals surface area contributed by atoms with Crippen LogP contribution >= 0.6 is 0 Å². The van der Waals surface area contributed by atoms with Gasteiger partial charge in [0, 0.05) is 11.8 Å². The maximum Gasteiger partial charge on any atom is 0.331 e. The first kappa shape index (κ1) is 24.5. The van der Waals surface area contributed by atoms with E-state index in [2.05, 4.69) is 0 Å². The van der Waals surface area contributed by atoms with E-state index in [9.17, 15) is 14.4 Å². The van der Waals surface area contributed by atoms with Crippen molar-refractivity contribution in [2.24, 2.45) is 0 Å². The predicted octanol–water partition coefficient (Wildman–Crippen LogP) is 3.25. The van der Waals surface area contributed by atoms with E-state index in [0.29, 0.717) is 29.4 Å². The number of carbonyl (C=O) groups excluding carboxylic acids is 3. The minimum absolute atomic E-state index is 0.200. The lowest BCUT2D eigenvalue weighted by molar-refractivity contribution is -0.144. The molecule has 0 heterocycles. The minimum atomic E-state index is -0.699. The summed E-state index contributed by atoms with van der Waals surface area (Å²) in [5, 5.41) is 0. The van der Waals surface area contributed by atoms with E-state index in [1.165, 1.54) is 18.1 Å². The first-order valence-electron chi connectivity index (χ1n) is 10.1. The van der Waals surface area contributed by atoms with Gasteiger partial charge in [0.2, 0.25) is 0 Å². The number of ether oxygens (including phenoxy) is 4. The summed E-state index contributed by atoms with van der Waals surface area (Å²) in [4.78, 5) is 37.8. The van der Waals surface area contributed by atoms with Gasteiger partial charge in [-0.05, 0) is 49.8 Å². The number of methoxy groups -OCH3 is 1. The average Bonchev–Trinajstić information content (AvgIpc) is 2.81. The third-order valence-corrected chi connectivity index (χ3v) is 4.20. The fourth-order valence-corrected chi connectivity index (χ4v) is 2.75. The Morgan fingerprint density at radius 1 is 0.938 bits per heavy atom. The zero-order valence-electron chi connectivity index (χ0n) is 18.4. The fraction of sp³-hybridized carbons (Fsp3) is 0.292. The van der Waals surface area contributed by atoms with E-state index in [4.69, 9.17) is 18.9 Å². The molecular weight excluding hydrogens is 414 g/mol. The van der Waals surface area contributed by atoms with Gasteiger partial charge in [0.15, 0.2) is 18.1 Å². The van der Waals surface area contributed by atoms with Gasteiger partial charge in [0.25, 0.3) is 5.91 Å². The van der Waals surface area contributed by atoms with Gasteiger partial charge < -0.3 is 18.9 Å². The van der Waals surface area contributed by atoms with Gasteiger partial charge in [-0.15, -0.1) is 0 Å². The summed E-state index contributed by atoms with van der Waals surface area (Å²) in [7, 11) is 1.53. The Bertz CT molecular complexity index is 941. The van der Waals surface area contributed by atoms with Gasteiger partial charge in [0.05, 0.1) is 20.3 Å². The van der Waals surface area contributed by atoms with Crippen molar-refractivity contribution in [3.8, 4) is 11.5 Å². The van der Waals surface area contributed by atoms with Crippen LogP contribution in [0.4, 0.5) is 5.69 Å². The lowest BCUT2D eigenvalue weighted by atomic mass is 10.2. The van der Waals surface area contributed by atoms with Crippen molar-refractivity contribution in [3.63, 3.8) is 0 Å². The lowest BCUT2D eigenvalue weighted by Gasteiger charge is -2.21. The molecule has 0 aromatic heterocycles. The molecular formula is C24H27NO7. The molecule has 1 amide bonds. The van der Waals surface area contributed by atoms with Crippen molar-refractivity contribution in [1.29, 1.82) is 0 Å². The molecule has 170 valence electrons. The smallest absolute Gasteiger partial charge is 0.331 e. The summed E-state index contributed by atoms with van der Waals surface area (Å²) in [6.45, 7) is 3.45.